The van der Waals surface area contributed by atoms with E-state index in [4.69, 9.17) is 0 Å². The molecule has 0 aliphatic rings. The Bertz CT molecular complexity index is 819. The molecule has 22 heavy (non-hydrogen) atoms. The number of aromatic nitrogens is 2. The van der Waals surface area contributed by atoms with Gasteiger partial charge in [0.15, 0.2) is 0 Å². The molecule has 2 heterocycles. The molecule has 0 radical (unpaired) electrons. The smallest absolute Gasteiger partial charge is 0.273 e. The monoisotopic (exact) mass is 311 g/mol. The second kappa shape index (κ2) is 5.77. The quantitative estimate of drug-likeness (QED) is 0.794. The molecule has 112 valence electrons. The maximum atomic E-state index is 12.4. The van der Waals surface area contributed by atoms with Crippen LogP contribution in [-0.2, 0) is 7.05 Å². The minimum atomic E-state index is -0.152. The molecule has 5 heteroatoms. The summed E-state index contributed by atoms with van der Waals surface area (Å²) < 4.78 is 1.62. The van der Waals surface area contributed by atoms with Crippen LogP contribution < -0.4 is 5.32 Å². The molecule has 1 amide bonds. The number of carbonyl (C=O) groups is 1. The molecule has 0 saturated carbocycles. The van der Waals surface area contributed by atoms with Gasteiger partial charge in [-0.25, -0.2) is 0 Å². The minimum Gasteiger partial charge on any atom is -0.321 e. The van der Waals surface area contributed by atoms with Crippen LogP contribution in [0, 0.1) is 13.8 Å². The first-order chi connectivity index (χ1) is 10.5. The van der Waals surface area contributed by atoms with Gasteiger partial charge >= 0.3 is 0 Å². The number of nitrogens with one attached hydrogen (secondary N) is 1. The topological polar surface area (TPSA) is 46.9 Å². The van der Waals surface area contributed by atoms with E-state index in [1.54, 1.807) is 23.1 Å². The molecule has 0 atom stereocenters. The van der Waals surface area contributed by atoms with Crippen LogP contribution in [0.25, 0.3) is 10.6 Å². The summed E-state index contributed by atoms with van der Waals surface area (Å²) in [5.74, 6) is -0.152. The Morgan fingerprint density at radius 3 is 2.68 bits per heavy atom. The number of benzene rings is 1. The van der Waals surface area contributed by atoms with E-state index in [-0.39, 0.29) is 5.91 Å². The van der Waals surface area contributed by atoms with Crippen LogP contribution in [-0.4, -0.2) is 15.7 Å². The second-order valence-electron chi connectivity index (χ2n) is 5.27. The fraction of sp³-hybridized carbons (Fsp3) is 0.176. The van der Waals surface area contributed by atoms with Crippen molar-refractivity contribution in [3.05, 3.63) is 58.6 Å². The van der Waals surface area contributed by atoms with Crippen LogP contribution in [0.1, 0.15) is 21.6 Å². The van der Waals surface area contributed by atoms with E-state index >= 15 is 0 Å². The Hall–Kier alpha value is -2.40. The molecule has 0 unspecified atom stereocenters. The van der Waals surface area contributed by atoms with Crippen LogP contribution >= 0.6 is 11.3 Å². The van der Waals surface area contributed by atoms with Crippen molar-refractivity contribution in [2.24, 2.45) is 7.05 Å². The van der Waals surface area contributed by atoms with Crippen LogP contribution in [0.15, 0.2) is 41.8 Å². The van der Waals surface area contributed by atoms with E-state index < -0.39 is 0 Å². The van der Waals surface area contributed by atoms with Crippen molar-refractivity contribution in [3.8, 4) is 10.6 Å². The van der Waals surface area contributed by atoms with Crippen molar-refractivity contribution >= 4 is 22.9 Å². The molecule has 0 fully saturated rings. The molecule has 1 aromatic carbocycles. The van der Waals surface area contributed by atoms with Crippen molar-refractivity contribution in [1.29, 1.82) is 0 Å². The number of rotatable bonds is 3. The van der Waals surface area contributed by atoms with E-state index in [1.165, 1.54) is 5.56 Å². The van der Waals surface area contributed by atoms with Crippen molar-refractivity contribution in [2.45, 2.75) is 13.8 Å². The number of hydrogen-bond acceptors (Lipinski definition) is 3. The van der Waals surface area contributed by atoms with Crippen molar-refractivity contribution in [3.63, 3.8) is 0 Å². The van der Waals surface area contributed by atoms with E-state index in [0.717, 1.165) is 21.8 Å². The molecule has 3 aromatic rings. The first kappa shape index (κ1) is 14.5. The van der Waals surface area contributed by atoms with E-state index in [0.29, 0.717) is 5.69 Å². The summed E-state index contributed by atoms with van der Waals surface area (Å²) in [6.45, 7) is 4.08. The first-order valence-electron chi connectivity index (χ1n) is 7.01. The van der Waals surface area contributed by atoms with E-state index in [9.17, 15) is 4.79 Å². The SMILES string of the molecule is Cc1ccc(NC(=O)c2cc(-c3cccs3)nn2C)cc1C. The molecular formula is C17H17N3OS. The summed E-state index contributed by atoms with van der Waals surface area (Å²) in [6.07, 6.45) is 0. The predicted octanol–water partition coefficient (Wildman–Crippen LogP) is 4.02. The molecule has 3 rings (SSSR count). The highest BCUT2D eigenvalue weighted by Gasteiger charge is 2.15. The Balaban J connectivity index is 1.84. The highest BCUT2D eigenvalue weighted by atomic mass is 32.1. The fourth-order valence-electron chi connectivity index (χ4n) is 2.24. The summed E-state index contributed by atoms with van der Waals surface area (Å²) in [4.78, 5) is 13.5. The lowest BCUT2D eigenvalue weighted by atomic mass is 10.1. The number of hydrogen-bond donors (Lipinski definition) is 1. The van der Waals surface area contributed by atoms with Gasteiger partial charge in [0.25, 0.3) is 5.91 Å². The molecule has 0 aliphatic heterocycles. The van der Waals surface area contributed by atoms with E-state index in [2.05, 4.69) is 17.3 Å². The summed E-state index contributed by atoms with van der Waals surface area (Å²) in [5, 5.41) is 9.34. The molecule has 2 aromatic heterocycles. The lowest BCUT2D eigenvalue weighted by Gasteiger charge is -2.07. The van der Waals surface area contributed by atoms with Gasteiger partial charge in [-0.3, -0.25) is 9.48 Å². The third kappa shape index (κ3) is 2.80. The predicted molar refractivity (Wildman–Crippen MR) is 90.4 cm³/mol. The average Bonchev–Trinajstić information content (AvgIpc) is 3.12. The van der Waals surface area contributed by atoms with Crippen LogP contribution in [0.5, 0.6) is 0 Å². The van der Waals surface area contributed by atoms with Crippen LogP contribution in [0.2, 0.25) is 0 Å². The molecule has 0 aliphatic carbocycles. The Morgan fingerprint density at radius 1 is 1.18 bits per heavy atom. The molecule has 0 spiro atoms. The standard InChI is InChI=1S/C17H17N3OS/c1-11-6-7-13(9-12(11)2)18-17(21)15-10-14(19-20(15)3)16-5-4-8-22-16/h4-10H,1-3H3,(H,18,21). The zero-order valence-corrected chi connectivity index (χ0v) is 13.6. The van der Waals surface area contributed by atoms with Gasteiger partial charge in [-0.05, 0) is 54.6 Å². The first-order valence-corrected chi connectivity index (χ1v) is 7.89. The van der Waals surface area contributed by atoms with Gasteiger partial charge in [-0.15, -0.1) is 11.3 Å². The third-order valence-electron chi connectivity index (χ3n) is 3.65. The van der Waals surface area contributed by atoms with Crippen molar-refractivity contribution < 1.29 is 4.79 Å². The van der Waals surface area contributed by atoms with Gasteiger partial charge < -0.3 is 5.32 Å². The average molecular weight is 311 g/mol. The van der Waals surface area contributed by atoms with E-state index in [1.807, 2.05) is 48.7 Å². The highest BCUT2D eigenvalue weighted by molar-refractivity contribution is 7.13. The highest BCUT2D eigenvalue weighted by Crippen LogP contribution is 2.24. The maximum absolute atomic E-state index is 12.4. The summed E-state index contributed by atoms with van der Waals surface area (Å²) in [5.41, 5.74) is 4.52. The normalized spacial score (nSPS) is 10.7. The number of nitrogens with zero attached hydrogens (tertiary/aromatic N) is 2. The zero-order valence-electron chi connectivity index (χ0n) is 12.8. The maximum Gasteiger partial charge on any atom is 0.273 e. The van der Waals surface area contributed by atoms with Crippen molar-refractivity contribution in [1.82, 2.24) is 9.78 Å². The molecule has 4 nitrogen and oxygen atoms in total. The number of anilines is 1. The summed E-state index contributed by atoms with van der Waals surface area (Å²) in [7, 11) is 1.78. The largest absolute Gasteiger partial charge is 0.321 e. The Morgan fingerprint density at radius 2 is 2.00 bits per heavy atom. The van der Waals surface area contributed by atoms with Gasteiger partial charge in [0.2, 0.25) is 0 Å². The number of aryl methyl sites for hydroxylation is 3. The lowest BCUT2D eigenvalue weighted by Crippen LogP contribution is -2.16. The van der Waals surface area contributed by atoms with Gasteiger partial charge in [0.1, 0.15) is 11.4 Å². The third-order valence-corrected chi connectivity index (χ3v) is 4.54. The molecule has 0 saturated heterocycles. The van der Waals surface area contributed by atoms with Crippen molar-refractivity contribution in [2.75, 3.05) is 5.32 Å². The van der Waals surface area contributed by atoms with Gasteiger partial charge in [-0.2, -0.15) is 5.10 Å². The molecule has 0 bridgehead atoms. The van der Waals surface area contributed by atoms with Gasteiger partial charge in [0, 0.05) is 12.7 Å². The van der Waals surface area contributed by atoms with Gasteiger partial charge in [0.05, 0.1) is 4.88 Å². The van der Waals surface area contributed by atoms with Gasteiger partial charge in [-0.1, -0.05) is 12.1 Å². The zero-order chi connectivity index (χ0) is 15.7. The Kier molecular flexibility index (Phi) is 3.81. The van der Waals surface area contributed by atoms with Crippen LogP contribution in [0.4, 0.5) is 5.69 Å². The fourth-order valence-corrected chi connectivity index (χ4v) is 2.92. The molecule has 1 N–H and O–H groups in total. The summed E-state index contributed by atoms with van der Waals surface area (Å²) in [6, 6.07) is 11.7. The number of thiophene rings is 1. The number of carbonyl (C=O) groups excluding carboxylic acids is 1. The summed E-state index contributed by atoms with van der Waals surface area (Å²) >= 11 is 1.61. The minimum absolute atomic E-state index is 0.152. The second-order valence-corrected chi connectivity index (χ2v) is 6.22. The number of amides is 1. The Labute approximate surface area is 133 Å². The lowest BCUT2D eigenvalue weighted by molar-refractivity contribution is 0.101. The molecular weight excluding hydrogens is 294 g/mol. The van der Waals surface area contributed by atoms with Crippen LogP contribution in [0.3, 0.4) is 0 Å².